The maximum atomic E-state index is 14.2. The zero-order chi connectivity index (χ0) is 31.1. The molecule has 1 N–H and O–H groups in total. The average Bonchev–Trinajstić information content (AvgIpc) is 2.92. The fourth-order valence-electron chi connectivity index (χ4n) is 4.43. The van der Waals surface area contributed by atoms with E-state index in [0.717, 1.165) is 26.2 Å². The van der Waals surface area contributed by atoms with E-state index >= 15 is 0 Å². The van der Waals surface area contributed by atoms with Crippen LogP contribution in [-0.4, -0.2) is 63.7 Å². The number of hydrogen-bond acceptors (Lipinski definition) is 6. The maximum absolute atomic E-state index is 14.2. The largest absolute Gasteiger partial charge is 0.493 e. The molecule has 1 atom stereocenters. The smallest absolute Gasteiger partial charge is 0.244 e. The van der Waals surface area contributed by atoms with Crippen molar-refractivity contribution >= 4 is 43.5 Å². The van der Waals surface area contributed by atoms with Crippen LogP contribution in [0.15, 0.2) is 77.3 Å². The zero-order valence-corrected chi connectivity index (χ0v) is 27.2. The number of nitrogens with one attached hydrogen (secondary N) is 1. The molecule has 2 amide bonds. The van der Waals surface area contributed by atoms with Crippen molar-refractivity contribution in [2.45, 2.75) is 45.3 Å². The summed E-state index contributed by atoms with van der Waals surface area (Å²) in [6.45, 7) is 5.15. The number of nitrogens with zero attached hydrogens (tertiary/aromatic N) is 2. The van der Waals surface area contributed by atoms with Crippen LogP contribution in [0.25, 0.3) is 0 Å². The molecule has 11 heteroatoms. The van der Waals surface area contributed by atoms with Crippen LogP contribution in [0.1, 0.15) is 31.9 Å². The molecule has 0 saturated carbocycles. The molecule has 226 valence electrons. The van der Waals surface area contributed by atoms with Gasteiger partial charge in [0.25, 0.3) is 0 Å². The molecule has 3 aromatic carbocycles. The molecule has 0 saturated heterocycles. The minimum absolute atomic E-state index is 0.0802. The number of carbonyl (C=O) groups excluding carboxylic acids is 2. The first-order valence-electron chi connectivity index (χ1n) is 13.3. The van der Waals surface area contributed by atoms with Gasteiger partial charge in [0.05, 0.1) is 26.2 Å². The van der Waals surface area contributed by atoms with Crippen molar-refractivity contribution in [1.82, 2.24) is 10.2 Å². The minimum atomic E-state index is -3.92. The fraction of sp³-hybridized carbons (Fsp3) is 0.355. The van der Waals surface area contributed by atoms with Gasteiger partial charge in [0.2, 0.25) is 21.8 Å². The molecule has 3 rings (SSSR count). The van der Waals surface area contributed by atoms with Crippen LogP contribution < -0.4 is 19.1 Å². The molecule has 0 aromatic heterocycles. The Kier molecular flexibility index (Phi) is 11.0. The maximum Gasteiger partial charge on any atom is 0.244 e. The summed E-state index contributed by atoms with van der Waals surface area (Å²) >= 11 is 3.48. The molecule has 0 heterocycles. The summed E-state index contributed by atoms with van der Waals surface area (Å²) in [6.07, 6.45) is 1.27. The standard InChI is InChI=1S/C31H38BrN3O6S/c1-31(2,3)33-30(37)26(18-22-11-8-7-9-12-22)34(20-23-13-10-14-24(32)17-23)29(36)21-35(42(6,38)39)25-15-16-27(40-4)28(19-25)41-5/h7-17,19,26H,18,20-21H2,1-6H3,(H,33,37)/t26-/m0/s1. The third-order valence-corrected chi connectivity index (χ3v) is 7.98. The SMILES string of the molecule is COc1ccc(N(CC(=O)N(Cc2cccc(Br)c2)[C@@H](Cc2ccccc2)C(=O)NC(C)(C)C)S(C)(=O)=O)cc1OC. The number of benzene rings is 3. The number of rotatable bonds is 12. The van der Waals surface area contributed by atoms with E-state index in [9.17, 15) is 18.0 Å². The highest BCUT2D eigenvalue weighted by atomic mass is 79.9. The van der Waals surface area contributed by atoms with Gasteiger partial charge in [0.1, 0.15) is 12.6 Å². The predicted octanol–water partition coefficient (Wildman–Crippen LogP) is 4.79. The van der Waals surface area contributed by atoms with E-state index in [2.05, 4.69) is 21.2 Å². The highest BCUT2D eigenvalue weighted by Crippen LogP contribution is 2.32. The predicted molar refractivity (Wildman–Crippen MR) is 168 cm³/mol. The third kappa shape index (κ3) is 9.22. The number of ether oxygens (including phenoxy) is 2. The van der Waals surface area contributed by atoms with Crippen LogP contribution in [0, 0.1) is 0 Å². The van der Waals surface area contributed by atoms with E-state index < -0.39 is 34.1 Å². The number of amides is 2. The molecule has 0 unspecified atom stereocenters. The van der Waals surface area contributed by atoms with Gasteiger partial charge >= 0.3 is 0 Å². The molecular formula is C31H38BrN3O6S. The van der Waals surface area contributed by atoms with Crippen molar-refractivity contribution in [2.75, 3.05) is 31.3 Å². The van der Waals surface area contributed by atoms with Gasteiger partial charge in [0.15, 0.2) is 11.5 Å². The molecule has 0 bridgehead atoms. The molecule has 0 aliphatic rings. The van der Waals surface area contributed by atoms with Gasteiger partial charge in [-0.1, -0.05) is 58.4 Å². The van der Waals surface area contributed by atoms with E-state index in [1.54, 1.807) is 12.1 Å². The van der Waals surface area contributed by atoms with Gasteiger partial charge in [-0.05, 0) is 56.2 Å². The van der Waals surface area contributed by atoms with Crippen LogP contribution in [-0.2, 0) is 32.6 Å². The summed E-state index contributed by atoms with van der Waals surface area (Å²) < 4.78 is 38.5. The number of sulfonamides is 1. The average molecular weight is 661 g/mol. The topological polar surface area (TPSA) is 105 Å². The normalized spacial score (nSPS) is 12.3. The second-order valence-electron chi connectivity index (χ2n) is 10.9. The minimum Gasteiger partial charge on any atom is -0.493 e. The summed E-state index contributed by atoms with van der Waals surface area (Å²) in [6, 6.07) is 20.5. The molecule has 0 spiro atoms. The lowest BCUT2D eigenvalue weighted by Crippen LogP contribution is -2.56. The second-order valence-corrected chi connectivity index (χ2v) is 13.7. The lowest BCUT2D eigenvalue weighted by molar-refractivity contribution is -0.140. The van der Waals surface area contributed by atoms with E-state index in [4.69, 9.17) is 9.47 Å². The number of hydrogen-bond donors (Lipinski definition) is 1. The lowest BCUT2D eigenvalue weighted by Gasteiger charge is -2.35. The second kappa shape index (κ2) is 14.1. The number of anilines is 1. The Morgan fingerprint density at radius 2 is 1.55 bits per heavy atom. The van der Waals surface area contributed by atoms with Gasteiger partial charge < -0.3 is 19.7 Å². The van der Waals surface area contributed by atoms with Gasteiger partial charge in [-0.15, -0.1) is 0 Å². The van der Waals surface area contributed by atoms with Crippen molar-refractivity contribution in [3.8, 4) is 11.5 Å². The Hall–Kier alpha value is -3.57. The van der Waals surface area contributed by atoms with E-state index in [1.807, 2.05) is 75.4 Å². The van der Waals surface area contributed by atoms with Crippen LogP contribution in [0.3, 0.4) is 0 Å². The molecule has 0 aliphatic heterocycles. The molecule has 42 heavy (non-hydrogen) atoms. The van der Waals surface area contributed by atoms with Crippen molar-refractivity contribution < 1.29 is 27.5 Å². The Morgan fingerprint density at radius 1 is 0.905 bits per heavy atom. The summed E-state index contributed by atoms with van der Waals surface area (Å²) in [7, 11) is -1.00. The van der Waals surface area contributed by atoms with Crippen LogP contribution in [0.5, 0.6) is 11.5 Å². The summed E-state index contributed by atoms with van der Waals surface area (Å²) in [5, 5.41) is 3.01. The molecule has 3 aromatic rings. The molecule has 0 aliphatic carbocycles. The first kappa shape index (κ1) is 32.9. The molecule has 0 radical (unpaired) electrons. The monoisotopic (exact) mass is 659 g/mol. The van der Waals surface area contributed by atoms with Crippen LogP contribution >= 0.6 is 15.9 Å². The Labute approximate surface area is 257 Å². The zero-order valence-electron chi connectivity index (χ0n) is 24.8. The first-order chi connectivity index (χ1) is 19.7. The molecule has 0 fully saturated rings. The van der Waals surface area contributed by atoms with Crippen molar-refractivity contribution in [2.24, 2.45) is 0 Å². The van der Waals surface area contributed by atoms with Crippen molar-refractivity contribution in [1.29, 1.82) is 0 Å². The highest BCUT2D eigenvalue weighted by Gasteiger charge is 2.34. The summed E-state index contributed by atoms with van der Waals surface area (Å²) in [5.74, 6) is -0.153. The van der Waals surface area contributed by atoms with Crippen molar-refractivity contribution in [3.05, 3.63) is 88.4 Å². The quantitative estimate of drug-likeness (QED) is 0.300. The third-order valence-electron chi connectivity index (χ3n) is 6.35. The van der Waals surface area contributed by atoms with Crippen LogP contribution in [0.4, 0.5) is 5.69 Å². The van der Waals surface area contributed by atoms with E-state index in [1.165, 1.54) is 25.2 Å². The lowest BCUT2D eigenvalue weighted by atomic mass is 10.0. The van der Waals surface area contributed by atoms with Gasteiger partial charge in [0, 0.05) is 29.0 Å². The number of carbonyl (C=O) groups is 2. The summed E-state index contributed by atoms with van der Waals surface area (Å²) in [4.78, 5) is 29.5. The Morgan fingerprint density at radius 3 is 2.12 bits per heavy atom. The van der Waals surface area contributed by atoms with Crippen LogP contribution in [0.2, 0.25) is 0 Å². The first-order valence-corrected chi connectivity index (χ1v) is 16.0. The molecule has 9 nitrogen and oxygen atoms in total. The van der Waals surface area contributed by atoms with Crippen molar-refractivity contribution in [3.63, 3.8) is 0 Å². The number of halogens is 1. The van der Waals surface area contributed by atoms with Gasteiger partial charge in [-0.2, -0.15) is 0 Å². The Balaban J connectivity index is 2.10. The highest BCUT2D eigenvalue weighted by molar-refractivity contribution is 9.10. The van der Waals surface area contributed by atoms with E-state index in [-0.39, 0.29) is 24.6 Å². The van der Waals surface area contributed by atoms with Gasteiger partial charge in [-0.3, -0.25) is 13.9 Å². The molecular weight excluding hydrogens is 622 g/mol. The number of methoxy groups -OCH3 is 2. The van der Waals surface area contributed by atoms with Gasteiger partial charge in [-0.25, -0.2) is 8.42 Å². The van der Waals surface area contributed by atoms with E-state index in [0.29, 0.717) is 11.5 Å². The Bertz CT molecular complexity index is 1490. The summed E-state index contributed by atoms with van der Waals surface area (Å²) in [5.41, 5.74) is 1.30. The fourth-order valence-corrected chi connectivity index (χ4v) is 5.72.